The molecule has 5 rings (SSSR count). The Morgan fingerprint density at radius 1 is 1.27 bits per heavy atom. The van der Waals surface area contributed by atoms with Gasteiger partial charge in [-0.15, -0.1) is 11.8 Å². The Hall–Kier alpha value is -2.43. The van der Waals surface area contributed by atoms with Crippen LogP contribution in [0.25, 0.3) is 21.9 Å². The number of benzene rings is 2. The molecule has 11 heteroatoms. The molecule has 5 N–H and O–H groups in total. The van der Waals surface area contributed by atoms with Crippen LogP contribution in [0.2, 0.25) is 10.0 Å². The molecule has 0 radical (unpaired) electrons. The number of hydrogen-bond donors (Lipinski definition) is 4. The van der Waals surface area contributed by atoms with Gasteiger partial charge in [-0.3, -0.25) is 10.1 Å². The highest BCUT2D eigenvalue weighted by atomic mass is 35.5. The van der Waals surface area contributed by atoms with Crippen LogP contribution in [-0.2, 0) is 0 Å². The van der Waals surface area contributed by atoms with Crippen molar-refractivity contribution in [3.8, 4) is 0 Å². The Bertz CT molecular complexity index is 1370. The van der Waals surface area contributed by atoms with Crippen LogP contribution in [0.3, 0.4) is 0 Å². The first-order chi connectivity index (χ1) is 15.9. The zero-order valence-electron chi connectivity index (χ0n) is 17.7. The number of rotatable bonds is 6. The summed E-state index contributed by atoms with van der Waals surface area (Å²) in [6, 6.07) is 8.77. The van der Waals surface area contributed by atoms with Gasteiger partial charge < -0.3 is 16.0 Å². The Morgan fingerprint density at radius 2 is 2.12 bits per heavy atom. The second-order valence-corrected chi connectivity index (χ2v) is 10.1. The van der Waals surface area contributed by atoms with Crippen molar-refractivity contribution in [1.29, 1.82) is 0 Å². The van der Waals surface area contributed by atoms with Gasteiger partial charge in [0.25, 0.3) is 0 Å². The van der Waals surface area contributed by atoms with E-state index in [0.29, 0.717) is 32.3 Å². The van der Waals surface area contributed by atoms with Crippen LogP contribution in [0.15, 0.2) is 36.7 Å². The lowest BCUT2D eigenvalue weighted by Crippen LogP contribution is -2.51. The van der Waals surface area contributed by atoms with E-state index in [1.54, 1.807) is 12.1 Å². The molecule has 1 fully saturated rings. The van der Waals surface area contributed by atoms with E-state index in [2.05, 4.69) is 30.6 Å². The Morgan fingerprint density at radius 3 is 2.88 bits per heavy atom. The summed E-state index contributed by atoms with van der Waals surface area (Å²) in [5.74, 6) is 2.01. The number of imidazole rings is 1. The zero-order valence-corrected chi connectivity index (χ0v) is 20.0. The Balaban J connectivity index is 1.48. The number of fused-ring (bicyclic) bond motifs is 2. The van der Waals surface area contributed by atoms with Crippen LogP contribution in [-0.4, -0.2) is 49.4 Å². The molecule has 2 aromatic heterocycles. The van der Waals surface area contributed by atoms with Crippen LogP contribution in [0, 0.1) is 0 Å². The monoisotopic (exact) mass is 501 g/mol. The van der Waals surface area contributed by atoms with Gasteiger partial charge in [0.2, 0.25) is 0 Å². The highest BCUT2D eigenvalue weighted by Gasteiger charge is 2.42. The van der Waals surface area contributed by atoms with Gasteiger partial charge >= 0.3 is 0 Å². The molecule has 0 bridgehead atoms. The van der Waals surface area contributed by atoms with Crippen LogP contribution in [0.5, 0.6) is 0 Å². The molecule has 170 valence electrons. The van der Waals surface area contributed by atoms with E-state index in [4.69, 9.17) is 28.9 Å². The fourth-order valence-corrected chi connectivity index (χ4v) is 5.49. The molecule has 1 aliphatic rings. The third-order valence-corrected chi connectivity index (χ3v) is 7.66. The maximum absolute atomic E-state index is 13.3. The first kappa shape index (κ1) is 22.4. The predicted octanol–water partition coefficient (Wildman–Crippen LogP) is 4.16. The topological polar surface area (TPSA) is 122 Å². The average molecular weight is 502 g/mol. The molecule has 0 amide bonds. The number of Topliss-reactive ketones (excluding diaryl/α,β-unsaturated/α-hetero) is 1. The second kappa shape index (κ2) is 8.73. The van der Waals surface area contributed by atoms with Crippen molar-refractivity contribution in [1.82, 2.24) is 25.3 Å². The first-order valence-electron chi connectivity index (χ1n) is 10.4. The van der Waals surface area contributed by atoms with Gasteiger partial charge in [0, 0.05) is 34.8 Å². The number of halogens is 2. The number of hydrogen-bond acceptors (Lipinski definition) is 8. The van der Waals surface area contributed by atoms with Crippen LogP contribution >= 0.6 is 35.0 Å². The number of anilines is 1. The SMILES string of the molecule is C[C@H](Nc1ncnc2cc(C(=O)[C@@]3(CN)NCCS3)c(Cl)cc12)c1nc2cc(Cl)ccc2[nH]1. The standard InChI is InChI=1S/C22H21Cl2N7OS/c1-11(20-30-16-3-2-12(23)6-18(16)31-20)29-21-14-7-15(24)13(8-17(14)26-10-27-21)19(32)22(9-25)28-4-5-33-22/h2-3,6-8,10-11,28H,4-5,9,25H2,1H3,(H,30,31)(H,26,27,29)/t11-,22-/m0/s1. The predicted molar refractivity (Wildman–Crippen MR) is 134 cm³/mol. The number of H-pyrrole nitrogens is 1. The summed E-state index contributed by atoms with van der Waals surface area (Å²) in [6.45, 7) is 2.88. The number of nitrogens with two attached hydrogens (primary N) is 1. The summed E-state index contributed by atoms with van der Waals surface area (Å²) < 4.78 is 0. The van der Waals surface area contributed by atoms with E-state index in [0.717, 1.165) is 29.2 Å². The number of nitrogens with one attached hydrogen (secondary N) is 3. The molecule has 4 aromatic rings. The van der Waals surface area contributed by atoms with Crippen molar-refractivity contribution in [3.05, 3.63) is 58.1 Å². The van der Waals surface area contributed by atoms with Crippen molar-refractivity contribution in [2.75, 3.05) is 24.2 Å². The van der Waals surface area contributed by atoms with Gasteiger partial charge in [0.15, 0.2) is 5.78 Å². The molecule has 2 atom stereocenters. The summed E-state index contributed by atoms with van der Waals surface area (Å²) >= 11 is 14.2. The van der Waals surface area contributed by atoms with Gasteiger partial charge in [-0.2, -0.15) is 0 Å². The quantitative estimate of drug-likeness (QED) is 0.290. The Kier molecular flexibility index (Phi) is 5.92. The van der Waals surface area contributed by atoms with Gasteiger partial charge in [-0.05, 0) is 37.3 Å². The second-order valence-electron chi connectivity index (χ2n) is 7.86. The number of ketones is 1. The smallest absolute Gasteiger partial charge is 0.195 e. The number of nitrogens with zero attached hydrogens (tertiary/aromatic N) is 3. The molecule has 1 aliphatic heterocycles. The van der Waals surface area contributed by atoms with E-state index >= 15 is 0 Å². The lowest BCUT2D eigenvalue weighted by molar-refractivity contribution is 0.0933. The molecule has 2 aromatic carbocycles. The van der Waals surface area contributed by atoms with E-state index in [1.165, 1.54) is 18.1 Å². The molecule has 3 heterocycles. The van der Waals surface area contributed by atoms with E-state index in [1.807, 2.05) is 25.1 Å². The highest BCUT2D eigenvalue weighted by molar-refractivity contribution is 8.01. The highest BCUT2D eigenvalue weighted by Crippen LogP contribution is 2.35. The molecular formula is C22H21Cl2N7OS. The molecule has 0 saturated carbocycles. The molecule has 1 saturated heterocycles. The maximum atomic E-state index is 13.3. The molecule has 0 aliphatic carbocycles. The minimum Gasteiger partial charge on any atom is -0.360 e. The number of thioether (sulfide) groups is 1. The normalized spacial score (nSPS) is 19.3. The van der Waals surface area contributed by atoms with Crippen LogP contribution < -0.4 is 16.4 Å². The molecular weight excluding hydrogens is 481 g/mol. The van der Waals surface area contributed by atoms with Crippen molar-refractivity contribution < 1.29 is 4.79 Å². The van der Waals surface area contributed by atoms with E-state index in [-0.39, 0.29) is 18.4 Å². The van der Waals surface area contributed by atoms with Gasteiger partial charge in [0.1, 0.15) is 22.8 Å². The van der Waals surface area contributed by atoms with Crippen molar-refractivity contribution >= 4 is 68.5 Å². The van der Waals surface area contributed by atoms with Gasteiger partial charge in [-0.1, -0.05) is 23.2 Å². The number of aromatic nitrogens is 4. The van der Waals surface area contributed by atoms with Crippen LogP contribution in [0.4, 0.5) is 5.82 Å². The summed E-state index contributed by atoms with van der Waals surface area (Å²) in [5.41, 5.74) is 8.63. The zero-order chi connectivity index (χ0) is 23.2. The first-order valence-corrected chi connectivity index (χ1v) is 12.1. The molecule has 8 nitrogen and oxygen atoms in total. The van der Waals surface area contributed by atoms with E-state index in [9.17, 15) is 4.79 Å². The third kappa shape index (κ3) is 4.04. The number of aromatic amines is 1. The van der Waals surface area contributed by atoms with Gasteiger partial charge in [-0.25, -0.2) is 15.0 Å². The molecule has 33 heavy (non-hydrogen) atoms. The summed E-state index contributed by atoms with van der Waals surface area (Å²) in [6.07, 6.45) is 1.46. The van der Waals surface area contributed by atoms with Crippen molar-refractivity contribution in [2.45, 2.75) is 17.8 Å². The summed E-state index contributed by atoms with van der Waals surface area (Å²) in [7, 11) is 0. The lowest BCUT2D eigenvalue weighted by atomic mass is 10.0. The lowest BCUT2D eigenvalue weighted by Gasteiger charge is -2.25. The molecule has 0 unspecified atom stereocenters. The molecule has 0 spiro atoms. The average Bonchev–Trinajstić information content (AvgIpc) is 3.46. The minimum atomic E-state index is -0.857. The minimum absolute atomic E-state index is 0.137. The van der Waals surface area contributed by atoms with Crippen molar-refractivity contribution in [3.63, 3.8) is 0 Å². The number of carbonyl (C=O) groups is 1. The van der Waals surface area contributed by atoms with Gasteiger partial charge in [0.05, 0.1) is 27.6 Å². The Labute approximate surface area is 204 Å². The summed E-state index contributed by atoms with van der Waals surface area (Å²) in [4.78, 5) is 29.1. The summed E-state index contributed by atoms with van der Waals surface area (Å²) in [5, 5.41) is 8.27. The van der Waals surface area contributed by atoms with E-state index < -0.39 is 4.87 Å². The van der Waals surface area contributed by atoms with Crippen LogP contribution in [0.1, 0.15) is 29.1 Å². The fraction of sp³-hybridized carbons (Fsp3) is 0.273. The maximum Gasteiger partial charge on any atom is 0.195 e. The van der Waals surface area contributed by atoms with Crippen molar-refractivity contribution in [2.24, 2.45) is 5.73 Å². The fourth-order valence-electron chi connectivity index (χ4n) is 3.96. The number of carbonyl (C=O) groups excluding carboxylic acids is 1. The third-order valence-electron chi connectivity index (χ3n) is 5.71. The largest absolute Gasteiger partial charge is 0.360 e.